The van der Waals surface area contributed by atoms with Crippen LogP contribution in [0.5, 0.6) is 0 Å². The van der Waals surface area contributed by atoms with E-state index in [-0.39, 0.29) is 24.0 Å². The van der Waals surface area contributed by atoms with Crippen molar-refractivity contribution in [2.75, 3.05) is 13.6 Å². The Hall–Kier alpha value is -0.370. The summed E-state index contributed by atoms with van der Waals surface area (Å²) in [5.74, 6) is 0.499. The average Bonchev–Trinajstić information content (AvgIpc) is 2.64. The van der Waals surface area contributed by atoms with Crippen LogP contribution in [0.15, 0.2) is 16.6 Å². The van der Waals surface area contributed by atoms with Gasteiger partial charge in [-0.3, -0.25) is 4.99 Å². The molecule has 0 fully saturated rings. The fourth-order valence-electron chi connectivity index (χ4n) is 0.912. The second kappa shape index (κ2) is 7.98. The summed E-state index contributed by atoms with van der Waals surface area (Å²) in [6.45, 7) is 0.850. The Morgan fingerprint density at radius 2 is 2.50 bits per heavy atom. The van der Waals surface area contributed by atoms with Gasteiger partial charge in [0, 0.05) is 31.6 Å². The second-order valence-corrected chi connectivity index (χ2v) is 3.54. The van der Waals surface area contributed by atoms with Gasteiger partial charge in [-0.15, -0.1) is 35.3 Å². The Morgan fingerprint density at radius 1 is 1.71 bits per heavy atom. The predicted molar refractivity (Wildman–Crippen MR) is 71.4 cm³/mol. The molecular formula is C8H15IN4S. The number of aromatic nitrogens is 1. The van der Waals surface area contributed by atoms with Crippen molar-refractivity contribution in [3.63, 3.8) is 0 Å². The molecule has 4 nitrogen and oxygen atoms in total. The molecule has 0 aliphatic rings. The zero-order chi connectivity index (χ0) is 9.52. The van der Waals surface area contributed by atoms with E-state index in [9.17, 15) is 0 Å². The van der Waals surface area contributed by atoms with E-state index in [2.05, 4.69) is 15.3 Å². The van der Waals surface area contributed by atoms with Gasteiger partial charge < -0.3 is 11.1 Å². The van der Waals surface area contributed by atoms with Crippen molar-refractivity contribution in [3.8, 4) is 0 Å². The standard InChI is InChI=1S/C8H14N4S.HI/c1-10-8(9)12-4-2-3-7-11-5-6-13-7;/h5-6H,2-4H2,1H3,(H3,9,10,12);1H. The SMILES string of the molecule is CN=C(N)NCCCc1nccs1.I. The molecule has 1 heterocycles. The normalized spacial score (nSPS) is 10.8. The van der Waals surface area contributed by atoms with Gasteiger partial charge in [0.15, 0.2) is 5.96 Å². The summed E-state index contributed by atoms with van der Waals surface area (Å²) in [5, 5.41) is 6.16. The zero-order valence-electron chi connectivity index (χ0n) is 8.06. The summed E-state index contributed by atoms with van der Waals surface area (Å²) < 4.78 is 0. The number of rotatable bonds is 4. The molecule has 0 amide bonds. The van der Waals surface area contributed by atoms with Crippen molar-refractivity contribution in [1.29, 1.82) is 0 Å². The van der Waals surface area contributed by atoms with Crippen molar-refractivity contribution in [1.82, 2.24) is 10.3 Å². The van der Waals surface area contributed by atoms with Crippen molar-refractivity contribution >= 4 is 41.3 Å². The van der Waals surface area contributed by atoms with E-state index >= 15 is 0 Å². The van der Waals surface area contributed by atoms with E-state index < -0.39 is 0 Å². The molecule has 0 aliphatic heterocycles. The molecule has 1 aromatic heterocycles. The molecule has 1 aromatic rings. The van der Waals surface area contributed by atoms with Crippen LogP contribution >= 0.6 is 35.3 Å². The van der Waals surface area contributed by atoms with Crippen LogP contribution in [0.2, 0.25) is 0 Å². The first-order valence-corrected chi connectivity index (χ1v) is 5.05. The van der Waals surface area contributed by atoms with E-state index in [1.165, 1.54) is 5.01 Å². The third-order valence-electron chi connectivity index (χ3n) is 1.60. The Balaban J connectivity index is 0.00000169. The van der Waals surface area contributed by atoms with Gasteiger partial charge in [-0.2, -0.15) is 0 Å². The Morgan fingerprint density at radius 3 is 3.07 bits per heavy atom. The highest BCUT2D eigenvalue weighted by Gasteiger charge is 1.95. The van der Waals surface area contributed by atoms with E-state index in [1.807, 2.05) is 11.6 Å². The lowest BCUT2D eigenvalue weighted by Gasteiger charge is -2.02. The van der Waals surface area contributed by atoms with Gasteiger partial charge in [0.25, 0.3) is 0 Å². The molecule has 0 radical (unpaired) electrons. The number of hydrogen-bond acceptors (Lipinski definition) is 3. The maximum absolute atomic E-state index is 5.46. The minimum absolute atomic E-state index is 0. The molecule has 0 aromatic carbocycles. The predicted octanol–water partition coefficient (Wildman–Crippen LogP) is 1.23. The molecule has 0 saturated carbocycles. The molecule has 14 heavy (non-hydrogen) atoms. The van der Waals surface area contributed by atoms with E-state index in [4.69, 9.17) is 5.73 Å². The Bertz CT molecular complexity index is 260. The summed E-state index contributed by atoms with van der Waals surface area (Å²) in [5.41, 5.74) is 5.46. The van der Waals surface area contributed by atoms with Crippen molar-refractivity contribution in [2.45, 2.75) is 12.8 Å². The topological polar surface area (TPSA) is 63.3 Å². The molecule has 80 valence electrons. The highest BCUT2D eigenvalue weighted by molar-refractivity contribution is 14.0. The van der Waals surface area contributed by atoms with Gasteiger partial charge >= 0.3 is 0 Å². The lowest BCUT2D eigenvalue weighted by molar-refractivity contribution is 0.765. The first-order valence-electron chi connectivity index (χ1n) is 4.17. The fourth-order valence-corrected chi connectivity index (χ4v) is 1.57. The van der Waals surface area contributed by atoms with Gasteiger partial charge in [0.2, 0.25) is 0 Å². The van der Waals surface area contributed by atoms with Crippen molar-refractivity contribution in [3.05, 3.63) is 16.6 Å². The highest BCUT2D eigenvalue weighted by Crippen LogP contribution is 2.05. The fraction of sp³-hybridized carbons (Fsp3) is 0.500. The van der Waals surface area contributed by atoms with Crippen molar-refractivity contribution in [2.24, 2.45) is 10.7 Å². The first-order chi connectivity index (χ1) is 6.33. The van der Waals surface area contributed by atoms with E-state index in [0.29, 0.717) is 5.96 Å². The molecule has 3 N–H and O–H groups in total. The summed E-state index contributed by atoms with van der Waals surface area (Å²) in [6, 6.07) is 0. The molecule has 0 atom stereocenters. The van der Waals surface area contributed by atoms with Crippen LogP contribution in [0.4, 0.5) is 0 Å². The van der Waals surface area contributed by atoms with Crippen LogP contribution in [0.25, 0.3) is 0 Å². The summed E-state index contributed by atoms with van der Waals surface area (Å²) >= 11 is 1.69. The summed E-state index contributed by atoms with van der Waals surface area (Å²) in [4.78, 5) is 7.98. The van der Waals surface area contributed by atoms with Gasteiger partial charge in [-0.25, -0.2) is 4.98 Å². The smallest absolute Gasteiger partial charge is 0.188 e. The third-order valence-corrected chi connectivity index (χ3v) is 2.44. The summed E-state index contributed by atoms with van der Waals surface area (Å²) in [7, 11) is 1.67. The van der Waals surface area contributed by atoms with Gasteiger partial charge in [0.05, 0.1) is 5.01 Å². The van der Waals surface area contributed by atoms with Crippen LogP contribution in [0.3, 0.4) is 0 Å². The molecule has 0 spiro atoms. The lowest BCUT2D eigenvalue weighted by Crippen LogP contribution is -2.32. The van der Waals surface area contributed by atoms with Crippen LogP contribution < -0.4 is 11.1 Å². The summed E-state index contributed by atoms with van der Waals surface area (Å²) in [6.07, 6.45) is 3.86. The lowest BCUT2D eigenvalue weighted by atomic mass is 10.3. The Kier molecular flexibility index (Phi) is 7.77. The number of hydrogen-bond donors (Lipinski definition) is 2. The van der Waals surface area contributed by atoms with Gasteiger partial charge in [-0.1, -0.05) is 0 Å². The molecular weight excluding hydrogens is 311 g/mol. The number of nitrogens with one attached hydrogen (secondary N) is 1. The maximum Gasteiger partial charge on any atom is 0.188 e. The number of aryl methyl sites for hydroxylation is 1. The zero-order valence-corrected chi connectivity index (χ0v) is 11.2. The molecule has 0 saturated heterocycles. The average molecular weight is 326 g/mol. The first kappa shape index (κ1) is 13.6. The van der Waals surface area contributed by atoms with Gasteiger partial charge in [0.1, 0.15) is 0 Å². The molecule has 6 heteroatoms. The maximum atomic E-state index is 5.46. The van der Waals surface area contributed by atoms with Crippen LogP contribution in [0.1, 0.15) is 11.4 Å². The van der Waals surface area contributed by atoms with Crippen LogP contribution in [-0.2, 0) is 6.42 Å². The second-order valence-electron chi connectivity index (χ2n) is 2.57. The minimum Gasteiger partial charge on any atom is -0.370 e. The number of guanidine groups is 1. The quantitative estimate of drug-likeness (QED) is 0.379. The van der Waals surface area contributed by atoms with Gasteiger partial charge in [-0.05, 0) is 6.42 Å². The number of nitrogens with two attached hydrogens (primary N) is 1. The number of halogens is 1. The molecule has 0 bridgehead atoms. The molecule has 1 rings (SSSR count). The Labute approximate surface area is 105 Å². The van der Waals surface area contributed by atoms with Crippen molar-refractivity contribution < 1.29 is 0 Å². The van der Waals surface area contributed by atoms with Crippen LogP contribution in [-0.4, -0.2) is 24.5 Å². The number of thiazole rings is 1. The third kappa shape index (κ3) is 5.38. The van der Waals surface area contributed by atoms with E-state index in [1.54, 1.807) is 18.4 Å². The van der Waals surface area contributed by atoms with Crippen LogP contribution in [0, 0.1) is 0 Å². The minimum atomic E-state index is 0. The monoisotopic (exact) mass is 326 g/mol. The van der Waals surface area contributed by atoms with E-state index in [0.717, 1.165) is 19.4 Å². The molecule has 0 unspecified atom stereocenters. The highest BCUT2D eigenvalue weighted by atomic mass is 127. The molecule has 0 aliphatic carbocycles. The largest absolute Gasteiger partial charge is 0.370 e. The number of aliphatic imine (C=N–C) groups is 1. The number of nitrogens with zero attached hydrogens (tertiary/aromatic N) is 2.